The molecule has 0 aromatic carbocycles. The van der Waals surface area contributed by atoms with Crippen molar-refractivity contribution in [2.24, 2.45) is 5.14 Å². The zero-order chi connectivity index (χ0) is 15.2. The molecule has 0 spiro atoms. The van der Waals surface area contributed by atoms with Crippen LogP contribution in [0.2, 0.25) is 0 Å². The van der Waals surface area contributed by atoms with E-state index in [0.717, 1.165) is 0 Å². The number of carbonyl (C=O) groups is 1. The summed E-state index contributed by atoms with van der Waals surface area (Å²) < 4.78 is 26.4. The van der Waals surface area contributed by atoms with E-state index in [1.807, 2.05) is 0 Å². The SMILES string of the molecule is CCOC(=O)c1cc(NCCCS(N)(=O)=O)ncc1N. The van der Waals surface area contributed by atoms with Gasteiger partial charge in [-0.3, -0.25) is 0 Å². The molecule has 1 aromatic heterocycles. The van der Waals surface area contributed by atoms with Crippen LogP contribution in [0.1, 0.15) is 23.7 Å². The minimum atomic E-state index is -3.47. The molecule has 1 aromatic rings. The number of aromatic nitrogens is 1. The van der Waals surface area contributed by atoms with Crippen molar-refractivity contribution >= 4 is 27.5 Å². The zero-order valence-electron chi connectivity index (χ0n) is 11.1. The number of anilines is 2. The van der Waals surface area contributed by atoms with E-state index in [4.69, 9.17) is 15.6 Å². The number of rotatable bonds is 7. The van der Waals surface area contributed by atoms with Crippen LogP contribution in [0.15, 0.2) is 12.3 Å². The molecule has 0 bridgehead atoms. The number of hydrogen-bond acceptors (Lipinski definition) is 7. The Morgan fingerprint density at radius 3 is 2.80 bits per heavy atom. The molecule has 0 aliphatic carbocycles. The monoisotopic (exact) mass is 302 g/mol. The molecule has 0 amide bonds. The van der Waals surface area contributed by atoms with Crippen molar-refractivity contribution in [2.45, 2.75) is 13.3 Å². The van der Waals surface area contributed by atoms with Crippen LogP contribution in [0.25, 0.3) is 0 Å². The van der Waals surface area contributed by atoms with Crippen LogP contribution in [-0.4, -0.2) is 38.3 Å². The molecule has 112 valence electrons. The molecular weight excluding hydrogens is 284 g/mol. The molecule has 1 heterocycles. The first-order valence-corrected chi connectivity index (χ1v) is 7.72. The number of ether oxygens (including phenoxy) is 1. The summed E-state index contributed by atoms with van der Waals surface area (Å²) in [6.07, 6.45) is 1.67. The van der Waals surface area contributed by atoms with E-state index in [2.05, 4.69) is 10.3 Å². The lowest BCUT2D eigenvalue weighted by molar-refractivity contribution is 0.0527. The minimum absolute atomic E-state index is 0.125. The van der Waals surface area contributed by atoms with Crippen LogP contribution in [0, 0.1) is 0 Å². The van der Waals surface area contributed by atoms with Crippen LogP contribution >= 0.6 is 0 Å². The van der Waals surface area contributed by atoms with E-state index in [-0.39, 0.29) is 23.6 Å². The average Bonchev–Trinajstić information content (AvgIpc) is 2.35. The molecule has 8 nitrogen and oxygen atoms in total. The van der Waals surface area contributed by atoms with Crippen molar-refractivity contribution in [3.8, 4) is 0 Å². The van der Waals surface area contributed by atoms with Crippen LogP contribution in [0.4, 0.5) is 11.5 Å². The van der Waals surface area contributed by atoms with E-state index in [0.29, 0.717) is 18.8 Å². The van der Waals surface area contributed by atoms with E-state index in [9.17, 15) is 13.2 Å². The maximum atomic E-state index is 11.6. The Kier molecular flexibility index (Phi) is 5.71. The second-order valence-corrected chi connectivity index (χ2v) is 5.76. The quantitative estimate of drug-likeness (QED) is 0.473. The highest BCUT2D eigenvalue weighted by Gasteiger charge is 2.12. The Bertz CT molecular complexity index is 574. The van der Waals surface area contributed by atoms with E-state index < -0.39 is 16.0 Å². The summed E-state index contributed by atoms with van der Waals surface area (Å²) in [6, 6.07) is 1.46. The number of carbonyl (C=O) groups excluding carboxylic acids is 1. The lowest BCUT2D eigenvalue weighted by Crippen LogP contribution is -2.19. The zero-order valence-corrected chi connectivity index (χ0v) is 11.9. The van der Waals surface area contributed by atoms with Crippen LogP contribution in [-0.2, 0) is 14.8 Å². The third kappa shape index (κ3) is 5.41. The van der Waals surface area contributed by atoms with Crippen molar-refractivity contribution in [1.29, 1.82) is 0 Å². The Hall–Kier alpha value is -1.87. The lowest BCUT2D eigenvalue weighted by Gasteiger charge is -2.09. The maximum absolute atomic E-state index is 11.6. The number of pyridine rings is 1. The molecule has 0 saturated carbocycles. The molecule has 0 aliphatic rings. The number of nitrogens with zero attached hydrogens (tertiary/aromatic N) is 1. The third-order valence-corrected chi connectivity index (χ3v) is 3.20. The summed E-state index contributed by atoms with van der Waals surface area (Å²) in [5.74, 6) is -0.239. The highest BCUT2D eigenvalue weighted by Crippen LogP contribution is 2.16. The molecule has 0 aliphatic heterocycles. The van der Waals surface area contributed by atoms with Gasteiger partial charge in [0.1, 0.15) is 5.82 Å². The number of hydrogen-bond donors (Lipinski definition) is 3. The number of primary sulfonamides is 1. The topological polar surface area (TPSA) is 137 Å². The lowest BCUT2D eigenvalue weighted by atomic mass is 10.2. The van der Waals surface area contributed by atoms with Gasteiger partial charge in [-0.25, -0.2) is 23.3 Å². The fraction of sp³-hybridized carbons (Fsp3) is 0.455. The third-order valence-electron chi connectivity index (χ3n) is 2.34. The van der Waals surface area contributed by atoms with Gasteiger partial charge in [-0.05, 0) is 19.4 Å². The summed E-state index contributed by atoms with van der Waals surface area (Å²) in [6.45, 7) is 2.30. The smallest absolute Gasteiger partial charge is 0.340 e. The van der Waals surface area contributed by atoms with Crippen molar-refractivity contribution in [2.75, 3.05) is 30.0 Å². The van der Waals surface area contributed by atoms with Gasteiger partial charge in [-0.15, -0.1) is 0 Å². The highest BCUT2D eigenvalue weighted by atomic mass is 32.2. The van der Waals surface area contributed by atoms with E-state index in [1.165, 1.54) is 12.3 Å². The van der Waals surface area contributed by atoms with Gasteiger partial charge in [0.2, 0.25) is 10.0 Å². The number of esters is 1. The first-order chi connectivity index (χ1) is 9.33. The molecule has 0 radical (unpaired) electrons. The van der Waals surface area contributed by atoms with Gasteiger partial charge in [0, 0.05) is 6.54 Å². The normalized spacial score (nSPS) is 11.1. The summed E-state index contributed by atoms with van der Waals surface area (Å²) in [5, 5.41) is 7.77. The van der Waals surface area contributed by atoms with Crippen molar-refractivity contribution in [1.82, 2.24) is 4.98 Å². The number of nitrogen functional groups attached to an aromatic ring is 1. The van der Waals surface area contributed by atoms with Crippen LogP contribution in [0.3, 0.4) is 0 Å². The van der Waals surface area contributed by atoms with Gasteiger partial charge in [0.05, 0.1) is 29.8 Å². The Morgan fingerprint density at radius 1 is 1.50 bits per heavy atom. The van der Waals surface area contributed by atoms with Gasteiger partial charge in [0.15, 0.2) is 0 Å². The van der Waals surface area contributed by atoms with Gasteiger partial charge < -0.3 is 15.8 Å². The van der Waals surface area contributed by atoms with Gasteiger partial charge in [-0.2, -0.15) is 0 Å². The highest BCUT2D eigenvalue weighted by molar-refractivity contribution is 7.89. The molecular formula is C11H18N4O4S. The molecule has 0 saturated heterocycles. The van der Waals surface area contributed by atoms with E-state index in [1.54, 1.807) is 6.92 Å². The number of nitrogens with one attached hydrogen (secondary N) is 1. The minimum Gasteiger partial charge on any atom is -0.462 e. The van der Waals surface area contributed by atoms with Gasteiger partial charge >= 0.3 is 5.97 Å². The number of nitrogens with two attached hydrogens (primary N) is 2. The summed E-state index contributed by atoms with van der Waals surface area (Å²) >= 11 is 0. The Morgan fingerprint density at radius 2 is 2.20 bits per heavy atom. The van der Waals surface area contributed by atoms with Gasteiger partial charge in [-0.1, -0.05) is 0 Å². The summed E-state index contributed by atoms with van der Waals surface area (Å²) in [4.78, 5) is 15.6. The largest absolute Gasteiger partial charge is 0.462 e. The Balaban J connectivity index is 2.63. The standard InChI is InChI=1S/C11H18N4O4S/c1-2-19-11(16)8-6-10(15-7-9(8)12)14-4-3-5-20(13,17)18/h6-7H,2-5,12H2,1H3,(H,14,15)(H2,13,17,18). The first kappa shape index (κ1) is 16.2. The average molecular weight is 302 g/mol. The molecule has 0 atom stereocenters. The van der Waals surface area contributed by atoms with Crippen molar-refractivity contribution < 1.29 is 17.9 Å². The van der Waals surface area contributed by atoms with Crippen molar-refractivity contribution in [3.05, 3.63) is 17.8 Å². The van der Waals surface area contributed by atoms with Gasteiger partial charge in [0.25, 0.3) is 0 Å². The Labute approximate surface area is 117 Å². The summed E-state index contributed by atoms with van der Waals surface area (Å²) in [7, 11) is -3.47. The van der Waals surface area contributed by atoms with Crippen LogP contribution in [0.5, 0.6) is 0 Å². The first-order valence-electron chi connectivity index (χ1n) is 6.00. The molecule has 20 heavy (non-hydrogen) atoms. The van der Waals surface area contributed by atoms with Crippen LogP contribution < -0.4 is 16.2 Å². The molecule has 9 heteroatoms. The molecule has 1 rings (SSSR count). The predicted molar refractivity (Wildman–Crippen MR) is 75.7 cm³/mol. The summed E-state index contributed by atoms with van der Waals surface area (Å²) in [5.41, 5.74) is 6.08. The van der Waals surface area contributed by atoms with E-state index >= 15 is 0 Å². The predicted octanol–water partition coefficient (Wildman–Crippen LogP) is -0.0690. The second-order valence-electron chi connectivity index (χ2n) is 4.02. The molecule has 0 fully saturated rings. The fourth-order valence-electron chi connectivity index (χ4n) is 1.44. The maximum Gasteiger partial charge on any atom is 0.340 e. The number of sulfonamides is 1. The second kappa shape index (κ2) is 7.06. The molecule has 0 unspecified atom stereocenters. The fourth-order valence-corrected chi connectivity index (χ4v) is 1.98. The van der Waals surface area contributed by atoms with Crippen molar-refractivity contribution in [3.63, 3.8) is 0 Å². The molecule has 5 N–H and O–H groups in total.